The van der Waals surface area contributed by atoms with Gasteiger partial charge in [0.15, 0.2) is 17.5 Å². The Labute approximate surface area is 91.9 Å². The lowest BCUT2D eigenvalue weighted by atomic mass is 10.0. The second-order valence-corrected chi connectivity index (χ2v) is 3.68. The number of nitrogens with one attached hydrogen (secondary N) is 1. The van der Waals surface area contributed by atoms with Crippen LogP contribution in [0.3, 0.4) is 0 Å². The summed E-state index contributed by atoms with van der Waals surface area (Å²) in [5.41, 5.74) is 3.46. The zero-order chi connectivity index (χ0) is 12.3. The molecule has 0 fully saturated rings. The van der Waals surface area contributed by atoms with E-state index >= 15 is 0 Å². The van der Waals surface area contributed by atoms with E-state index in [1.54, 1.807) is 6.92 Å². The van der Waals surface area contributed by atoms with Crippen molar-refractivity contribution in [2.45, 2.75) is 19.4 Å². The van der Waals surface area contributed by atoms with E-state index in [4.69, 9.17) is 5.84 Å². The molecule has 0 aliphatic rings. The molecule has 3 N–H and O–H groups in total. The van der Waals surface area contributed by atoms with Gasteiger partial charge in [0.25, 0.3) is 0 Å². The summed E-state index contributed by atoms with van der Waals surface area (Å²) in [7, 11) is 0. The quantitative estimate of drug-likeness (QED) is 0.361. The van der Waals surface area contributed by atoms with E-state index in [1.807, 2.05) is 0 Å². The Morgan fingerprint density at radius 3 is 2.25 bits per heavy atom. The van der Waals surface area contributed by atoms with Gasteiger partial charge in [-0.2, -0.15) is 0 Å². The number of hydrazine groups is 1. The van der Waals surface area contributed by atoms with Crippen molar-refractivity contribution in [1.29, 1.82) is 0 Å². The van der Waals surface area contributed by atoms with Crippen LogP contribution < -0.4 is 11.3 Å². The maximum Gasteiger partial charge on any atom is 0.194 e. The molecule has 5 heteroatoms. The number of rotatable bonds is 4. The Morgan fingerprint density at radius 2 is 1.88 bits per heavy atom. The molecule has 88 valence electrons. The molecular formula is C11H13F3N2. The van der Waals surface area contributed by atoms with Gasteiger partial charge in [-0.25, -0.2) is 13.2 Å². The van der Waals surface area contributed by atoms with Crippen LogP contribution in [0.5, 0.6) is 0 Å². The molecule has 0 radical (unpaired) electrons. The summed E-state index contributed by atoms with van der Waals surface area (Å²) in [5.74, 6) is 1.33. The molecule has 2 nitrogen and oxygen atoms in total. The highest BCUT2D eigenvalue weighted by atomic mass is 19.2. The fraction of sp³-hybridized carbons (Fsp3) is 0.273. The third-order valence-electron chi connectivity index (χ3n) is 2.16. The molecule has 1 atom stereocenters. The van der Waals surface area contributed by atoms with E-state index in [0.717, 1.165) is 17.7 Å². The summed E-state index contributed by atoms with van der Waals surface area (Å²) in [5, 5.41) is 0. The van der Waals surface area contributed by atoms with Crippen molar-refractivity contribution >= 4 is 0 Å². The predicted octanol–water partition coefficient (Wildman–Crippen LogP) is 2.57. The second-order valence-electron chi connectivity index (χ2n) is 3.68. The van der Waals surface area contributed by atoms with E-state index in [2.05, 4.69) is 12.0 Å². The molecule has 0 aliphatic carbocycles. The first-order valence-corrected chi connectivity index (χ1v) is 4.70. The molecule has 0 saturated carbocycles. The molecule has 1 aromatic rings. The molecule has 0 saturated heterocycles. The van der Waals surface area contributed by atoms with Crippen LogP contribution in [0, 0.1) is 17.5 Å². The number of hydrogen-bond acceptors (Lipinski definition) is 2. The normalized spacial score (nSPS) is 12.6. The molecule has 0 spiro atoms. The number of nitrogens with two attached hydrogens (primary N) is 1. The van der Waals surface area contributed by atoms with Crippen molar-refractivity contribution < 1.29 is 13.2 Å². The van der Waals surface area contributed by atoms with Gasteiger partial charge >= 0.3 is 0 Å². The van der Waals surface area contributed by atoms with Crippen molar-refractivity contribution in [3.8, 4) is 0 Å². The standard InChI is InChI=1S/C11H13F3N2/c1-6(2)3-10(16-15)7-4-8(12)11(14)9(13)5-7/h4-5,10,16H,1,3,15H2,2H3. The Morgan fingerprint density at radius 1 is 1.38 bits per heavy atom. The molecule has 0 bridgehead atoms. The minimum absolute atomic E-state index is 0.252. The van der Waals surface area contributed by atoms with E-state index in [0.29, 0.717) is 6.42 Å². The molecule has 0 amide bonds. The second kappa shape index (κ2) is 5.14. The first-order valence-electron chi connectivity index (χ1n) is 4.70. The lowest BCUT2D eigenvalue weighted by molar-refractivity contribution is 0.439. The molecule has 0 aliphatic heterocycles. The van der Waals surface area contributed by atoms with Crippen LogP contribution >= 0.6 is 0 Å². The lowest BCUT2D eigenvalue weighted by Crippen LogP contribution is -2.28. The van der Waals surface area contributed by atoms with Crippen molar-refractivity contribution in [1.82, 2.24) is 5.43 Å². The zero-order valence-electron chi connectivity index (χ0n) is 8.86. The van der Waals surface area contributed by atoms with E-state index in [9.17, 15) is 13.2 Å². The van der Waals surface area contributed by atoms with Crippen molar-refractivity contribution in [3.05, 3.63) is 47.3 Å². The first-order chi connectivity index (χ1) is 7.45. The highest BCUT2D eigenvalue weighted by Crippen LogP contribution is 2.23. The largest absolute Gasteiger partial charge is 0.271 e. The molecule has 1 rings (SSSR count). The van der Waals surface area contributed by atoms with Gasteiger partial charge in [-0.3, -0.25) is 11.3 Å². The fourth-order valence-corrected chi connectivity index (χ4v) is 1.40. The summed E-state index contributed by atoms with van der Waals surface area (Å²) in [6.07, 6.45) is 0.418. The third kappa shape index (κ3) is 2.84. The first kappa shape index (κ1) is 12.7. The summed E-state index contributed by atoms with van der Waals surface area (Å²) in [6.45, 7) is 5.44. The smallest absolute Gasteiger partial charge is 0.194 e. The predicted molar refractivity (Wildman–Crippen MR) is 55.8 cm³/mol. The van der Waals surface area contributed by atoms with Crippen LogP contribution in [0.15, 0.2) is 24.3 Å². The van der Waals surface area contributed by atoms with Crippen LogP contribution in [0.4, 0.5) is 13.2 Å². The lowest BCUT2D eigenvalue weighted by Gasteiger charge is -2.16. The van der Waals surface area contributed by atoms with Gasteiger partial charge in [0, 0.05) is 6.04 Å². The Hall–Kier alpha value is -1.33. The molecule has 0 heterocycles. The van der Waals surface area contributed by atoms with Crippen LogP contribution in [0.1, 0.15) is 24.9 Å². The average Bonchev–Trinajstić information content (AvgIpc) is 2.21. The summed E-state index contributed by atoms with van der Waals surface area (Å²) < 4.78 is 38.7. The van der Waals surface area contributed by atoms with Crippen molar-refractivity contribution in [2.24, 2.45) is 5.84 Å². The van der Waals surface area contributed by atoms with Gasteiger partial charge in [0.1, 0.15) is 0 Å². The van der Waals surface area contributed by atoms with Gasteiger partial charge in [0.05, 0.1) is 0 Å². The van der Waals surface area contributed by atoms with Crippen molar-refractivity contribution in [3.63, 3.8) is 0 Å². The Bertz CT molecular complexity index is 381. The van der Waals surface area contributed by atoms with Crippen molar-refractivity contribution in [2.75, 3.05) is 0 Å². The summed E-state index contributed by atoms with van der Waals surface area (Å²) >= 11 is 0. The Balaban J connectivity index is 3.06. The Kier molecular flexibility index (Phi) is 4.09. The maximum absolute atomic E-state index is 13.0. The summed E-state index contributed by atoms with van der Waals surface area (Å²) in [6, 6.07) is 1.36. The molecular weight excluding hydrogens is 217 g/mol. The van der Waals surface area contributed by atoms with Gasteiger partial charge in [-0.15, -0.1) is 6.58 Å². The fourth-order valence-electron chi connectivity index (χ4n) is 1.40. The molecule has 16 heavy (non-hydrogen) atoms. The molecule has 1 aromatic carbocycles. The molecule has 1 unspecified atom stereocenters. The van der Waals surface area contributed by atoms with Crippen LogP contribution in [-0.2, 0) is 0 Å². The zero-order valence-corrected chi connectivity index (χ0v) is 8.86. The highest BCUT2D eigenvalue weighted by Gasteiger charge is 2.16. The van der Waals surface area contributed by atoms with Crippen LogP contribution in [0.25, 0.3) is 0 Å². The van der Waals surface area contributed by atoms with Gasteiger partial charge in [-0.1, -0.05) is 5.57 Å². The van der Waals surface area contributed by atoms with Gasteiger partial charge in [0.2, 0.25) is 0 Å². The van der Waals surface area contributed by atoms with E-state index < -0.39 is 23.5 Å². The monoisotopic (exact) mass is 230 g/mol. The minimum Gasteiger partial charge on any atom is -0.271 e. The van der Waals surface area contributed by atoms with Gasteiger partial charge in [-0.05, 0) is 31.0 Å². The molecule has 0 aromatic heterocycles. The van der Waals surface area contributed by atoms with Crippen LogP contribution in [0.2, 0.25) is 0 Å². The number of hydrogen-bond donors (Lipinski definition) is 2. The average molecular weight is 230 g/mol. The topological polar surface area (TPSA) is 38.0 Å². The SMILES string of the molecule is C=C(C)CC(NN)c1cc(F)c(F)c(F)c1. The summed E-state index contributed by atoms with van der Waals surface area (Å²) in [4.78, 5) is 0. The number of benzene rings is 1. The minimum atomic E-state index is -1.48. The van der Waals surface area contributed by atoms with Gasteiger partial charge < -0.3 is 0 Å². The van der Waals surface area contributed by atoms with E-state index in [-0.39, 0.29) is 5.56 Å². The number of halogens is 3. The van der Waals surface area contributed by atoms with E-state index in [1.165, 1.54) is 0 Å². The van der Waals surface area contributed by atoms with Crippen LogP contribution in [-0.4, -0.2) is 0 Å². The highest BCUT2D eigenvalue weighted by molar-refractivity contribution is 5.23. The third-order valence-corrected chi connectivity index (χ3v) is 2.16. The maximum atomic E-state index is 13.0.